The minimum Gasteiger partial charge on any atom is -0.464 e. The fourth-order valence-electron chi connectivity index (χ4n) is 3.00. The van der Waals surface area contributed by atoms with Gasteiger partial charge >= 0.3 is 5.97 Å². The first-order chi connectivity index (χ1) is 10.1. The van der Waals surface area contributed by atoms with Gasteiger partial charge in [-0.25, -0.2) is 4.79 Å². The molecule has 2 aliphatic rings. The molecule has 1 aromatic rings. The van der Waals surface area contributed by atoms with Crippen LogP contribution in [-0.4, -0.2) is 42.1 Å². The molecule has 0 aromatic heterocycles. The Balaban J connectivity index is 1.82. The lowest BCUT2D eigenvalue weighted by atomic mass is 9.98. The fraction of sp³-hybridized carbons (Fsp3) is 0.562. The largest absolute Gasteiger partial charge is 0.464 e. The summed E-state index contributed by atoms with van der Waals surface area (Å²) in [6, 6.07) is 8.19. The third kappa shape index (κ3) is 3.01. The standard InChI is InChI=1S/C16H21ClN2O2/c1-2-21-15(20)16(9-10-19(11-16)12-7-8-12)18-14-6-4-3-5-13(14)17/h3-6,12,18H,2,7-11H2,1H3. The average Bonchev–Trinajstić information content (AvgIpc) is 3.23. The molecule has 21 heavy (non-hydrogen) atoms. The van der Waals surface area contributed by atoms with E-state index < -0.39 is 5.54 Å². The molecule has 1 aliphatic carbocycles. The number of halogens is 1. The summed E-state index contributed by atoms with van der Waals surface area (Å²) < 4.78 is 5.32. The zero-order valence-corrected chi connectivity index (χ0v) is 13.0. The molecular weight excluding hydrogens is 288 g/mol. The molecule has 0 amide bonds. The van der Waals surface area contributed by atoms with Crippen molar-refractivity contribution in [2.75, 3.05) is 25.0 Å². The van der Waals surface area contributed by atoms with E-state index in [0.717, 1.165) is 18.7 Å². The van der Waals surface area contributed by atoms with Crippen molar-refractivity contribution >= 4 is 23.3 Å². The Labute approximate surface area is 130 Å². The van der Waals surface area contributed by atoms with Gasteiger partial charge in [-0.3, -0.25) is 4.90 Å². The molecule has 1 N–H and O–H groups in total. The Morgan fingerprint density at radius 2 is 2.24 bits per heavy atom. The molecule has 114 valence electrons. The Hall–Kier alpha value is -1.26. The first kappa shape index (κ1) is 14.7. The molecule has 0 radical (unpaired) electrons. The van der Waals surface area contributed by atoms with E-state index in [-0.39, 0.29) is 5.97 Å². The molecule has 5 heteroatoms. The van der Waals surface area contributed by atoms with E-state index >= 15 is 0 Å². The number of carbonyl (C=O) groups is 1. The molecule has 1 atom stereocenters. The number of nitrogens with zero attached hydrogens (tertiary/aromatic N) is 1. The second-order valence-electron chi connectivity index (χ2n) is 5.86. The molecular formula is C16H21ClN2O2. The zero-order chi connectivity index (χ0) is 14.9. The van der Waals surface area contributed by atoms with Crippen LogP contribution < -0.4 is 5.32 Å². The molecule has 1 heterocycles. The van der Waals surface area contributed by atoms with Crippen molar-refractivity contribution < 1.29 is 9.53 Å². The number of likely N-dealkylation sites (tertiary alicyclic amines) is 1. The lowest BCUT2D eigenvalue weighted by Crippen LogP contribution is -2.50. The highest BCUT2D eigenvalue weighted by Gasteiger charge is 2.49. The maximum atomic E-state index is 12.5. The van der Waals surface area contributed by atoms with E-state index in [4.69, 9.17) is 16.3 Å². The fourth-order valence-corrected chi connectivity index (χ4v) is 3.18. The number of esters is 1. The van der Waals surface area contributed by atoms with Crippen LogP contribution in [0.25, 0.3) is 0 Å². The molecule has 1 saturated heterocycles. The van der Waals surface area contributed by atoms with Crippen molar-refractivity contribution in [2.45, 2.75) is 37.8 Å². The SMILES string of the molecule is CCOC(=O)C1(Nc2ccccc2Cl)CCN(C2CC2)C1. The molecule has 0 spiro atoms. The smallest absolute Gasteiger partial charge is 0.333 e. The van der Waals surface area contributed by atoms with Gasteiger partial charge in [0.15, 0.2) is 0 Å². The molecule has 2 fully saturated rings. The minimum atomic E-state index is -0.677. The van der Waals surface area contributed by atoms with Gasteiger partial charge in [0.05, 0.1) is 17.3 Å². The summed E-state index contributed by atoms with van der Waals surface area (Å²) in [5.74, 6) is -0.173. The number of hydrogen-bond donors (Lipinski definition) is 1. The molecule has 1 aromatic carbocycles. The number of hydrogen-bond acceptors (Lipinski definition) is 4. The maximum Gasteiger partial charge on any atom is 0.333 e. The van der Waals surface area contributed by atoms with Gasteiger partial charge in [0.1, 0.15) is 5.54 Å². The van der Waals surface area contributed by atoms with E-state index in [2.05, 4.69) is 10.2 Å². The highest BCUT2D eigenvalue weighted by atomic mass is 35.5. The van der Waals surface area contributed by atoms with Crippen molar-refractivity contribution in [3.63, 3.8) is 0 Å². The Morgan fingerprint density at radius 1 is 1.48 bits per heavy atom. The van der Waals surface area contributed by atoms with Crippen LogP contribution in [0.5, 0.6) is 0 Å². The van der Waals surface area contributed by atoms with Crippen LogP contribution in [0.15, 0.2) is 24.3 Å². The second-order valence-corrected chi connectivity index (χ2v) is 6.27. The van der Waals surface area contributed by atoms with E-state index in [9.17, 15) is 4.79 Å². The van der Waals surface area contributed by atoms with Crippen LogP contribution in [0.4, 0.5) is 5.69 Å². The third-order valence-corrected chi connectivity index (χ3v) is 4.61. The Kier molecular flexibility index (Phi) is 4.09. The summed E-state index contributed by atoms with van der Waals surface area (Å²) >= 11 is 6.23. The number of ether oxygens (including phenoxy) is 1. The molecule has 3 rings (SSSR count). The first-order valence-corrected chi connectivity index (χ1v) is 7.96. The van der Waals surface area contributed by atoms with Gasteiger partial charge in [-0.05, 0) is 38.3 Å². The normalized spacial score (nSPS) is 25.8. The molecule has 4 nitrogen and oxygen atoms in total. The molecule has 1 saturated carbocycles. The predicted octanol–water partition coefficient (Wildman–Crippen LogP) is 2.92. The highest BCUT2D eigenvalue weighted by molar-refractivity contribution is 6.33. The Morgan fingerprint density at radius 3 is 2.90 bits per heavy atom. The van der Waals surface area contributed by atoms with Crippen LogP contribution in [-0.2, 0) is 9.53 Å². The van der Waals surface area contributed by atoms with Gasteiger partial charge in [-0.15, -0.1) is 0 Å². The summed E-state index contributed by atoms with van der Waals surface area (Å²) in [4.78, 5) is 14.9. The highest BCUT2D eigenvalue weighted by Crippen LogP contribution is 2.36. The maximum absolute atomic E-state index is 12.5. The van der Waals surface area contributed by atoms with Crippen LogP contribution in [0.2, 0.25) is 5.02 Å². The van der Waals surface area contributed by atoms with Gasteiger partial charge in [-0.2, -0.15) is 0 Å². The summed E-state index contributed by atoms with van der Waals surface area (Å²) in [7, 11) is 0. The lowest BCUT2D eigenvalue weighted by molar-refractivity contribution is -0.148. The van der Waals surface area contributed by atoms with E-state index in [0.29, 0.717) is 24.2 Å². The zero-order valence-electron chi connectivity index (χ0n) is 12.3. The third-order valence-electron chi connectivity index (χ3n) is 4.28. The first-order valence-electron chi connectivity index (χ1n) is 7.58. The average molecular weight is 309 g/mol. The van der Waals surface area contributed by atoms with E-state index in [1.165, 1.54) is 12.8 Å². The number of carbonyl (C=O) groups excluding carboxylic acids is 1. The summed E-state index contributed by atoms with van der Waals surface area (Å²) in [5, 5.41) is 4.00. The summed E-state index contributed by atoms with van der Waals surface area (Å²) in [5.41, 5.74) is 0.119. The molecule has 1 aliphatic heterocycles. The van der Waals surface area contributed by atoms with Crippen molar-refractivity contribution in [3.8, 4) is 0 Å². The van der Waals surface area contributed by atoms with Crippen molar-refractivity contribution in [1.82, 2.24) is 4.90 Å². The number of anilines is 1. The minimum absolute atomic E-state index is 0.173. The van der Waals surface area contributed by atoms with Crippen molar-refractivity contribution in [3.05, 3.63) is 29.3 Å². The van der Waals surface area contributed by atoms with Crippen LogP contribution in [0.3, 0.4) is 0 Å². The summed E-state index contributed by atoms with van der Waals surface area (Å²) in [6.07, 6.45) is 3.24. The van der Waals surface area contributed by atoms with Gasteiger partial charge in [0, 0.05) is 19.1 Å². The van der Waals surface area contributed by atoms with Gasteiger partial charge in [0.25, 0.3) is 0 Å². The van der Waals surface area contributed by atoms with Gasteiger partial charge in [-0.1, -0.05) is 23.7 Å². The van der Waals surface area contributed by atoms with Crippen LogP contribution in [0.1, 0.15) is 26.2 Å². The van der Waals surface area contributed by atoms with Gasteiger partial charge < -0.3 is 10.1 Å². The van der Waals surface area contributed by atoms with Gasteiger partial charge in [0.2, 0.25) is 0 Å². The molecule has 0 bridgehead atoms. The quantitative estimate of drug-likeness (QED) is 0.849. The number of nitrogens with one attached hydrogen (secondary N) is 1. The van der Waals surface area contributed by atoms with Crippen LogP contribution >= 0.6 is 11.6 Å². The predicted molar refractivity (Wildman–Crippen MR) is 83.7 cm³/mol. The van der Waals surface area contributed by atoms with Crippen molar-refractivity contribution in [1.29, 1.82) is 0 Å². The lowest BCUT2D eigenvalue weighted by Gasteiger charge is -2.30. The second kappa shape index (κ2) is 5.85. The Bertz CT molecular complexity index is 533. The van der Waals surface area contributed by atoms with E-state index in [1.807, 2.05) is 31.2 Å². The number of para-hydroxylation sites is 1. The summed E-state index contributed by atoms with van der Waals surface area (Å²) in [6.45, 7) is 3.87. The van der Waals surface area contributed by atoms with E-state index in [1.54, 1.807) is 0 Å². The topological polar surface area (TPSA) is 41.6 Å². The molecule has 1 unspecified atom stereocenters. The monoisotopic (exact) mass is 308 g/mol. The number of benzene rings is 1. The number of rotatable bonds is 5. The van der Waals surface area contributed by atoms with Crippen molar-refractivity contribution in [2.24, 2.45) is 0 Å². The van der Waals surface area contributed by atoms with Crippen LogP contribution in [0, 0.1) is 0 Å².